The number of rotatable bonds is 6. The van der Waals surface area contributed by atoms with Crippen molar-refractivity contribution in [3.05, 3.63) is 71.1 Å². The molecule has 1 N–H and O–H groups in total. The molecule has 2 aromatic rings. The van der Waals surface area contributed by atoms with Gasteiger partial charge in [0.2, 0.25) is 0 Å². The summed E-state index contributed by atoms with van der Waals surface area (Å²) < 4.78 is 12.2. The van der Waals surface area contributed by atoms with Crippen LogP contribution in [0.5, 0.6) is 0 Å². The molecule has 0 bridgehead atoms. The molecule has 158 valence electrons. The molecular formula is C22H27N3O4Si. The van der Waals surface area contributed by atoms with Crippen molar-refractivity contribution < 1.29 is 19.1 Å². The normalized spacial score (nSPS) is 22.1. The largest absolute Gasteiger partial charge is 0.459 e. The lowest BCUT2D eigenvalue weighted by Crippen LogP contribution is -2.67. The first-order valence-electron chi connectivity index (χ1n) is 9.96. The SMILES string of the molecule is CC(C)(C)[Si](OC[C@@H]1OC(=O)C[C@H](O)[C@H]1N=[N+]=[N-])(c1ccccc1)c1ccccc1. The van der Waals surface area contributed by atoms with Gasteiger partial charge in [-0.15, -0.1) is 0 Å². The highest BCUT2D eigenvalue weighted by atomic mass is 28.4. The van der Waals surface area contributed by atoms with E-state index in [1.807, 2.05) is 36.4 Å². The van der Waals surface area contributed by atoms with Gasteiger partial charge in [-0.2, -0.15) is 0 Å². The van der Waals surface area contributed by atoms with E-state index in [1.165, 1.54) is 0 Å². The third-order valence-corrected chi connectivity index (χ3v) is 10.5. The zero-order chi connectivity index (χ0) is 21.8. The van der Waals surface area contributed by atoms with Crippen molar-refractivity contribution in [2.24, 2.45) is 5.11 Å². The summed E-state index contributed by atoms with van der Waals surface area (Å²) in [4.78, 5) is 14.8. The van der Waals surface area contributed by atoms with E-state index in [1.54, 1.807) is 0 Å². The van der Waals surface area contributed by atoms with Gasteiger partial charge in [-0.3, -0.25) is 4.79 Å². The van der Waals surface area contributed by atoms with E-state index >= 15 is 0 Å². The van der Waals surface area contributed by atoms with Gasteiger partial charge in [-0.1, -0.05) is 86.5 Å². The number of ether oxygens (including phenoxy) is 1. The summed E-state index contributed by atoms with van der Waals surface area (Å²) in [5.41, 5.74) is 8.91. The van der Waals surface area contributed by atoms with Gasteiger partial charge in [0.25, 0.3) is 8.32 Å². The van der Waals surface area contributed by atoms with Gasteiger partial charge in [0.1, 0.15) is 12.1 Å². The number of hydrogen-bond acceptors (Lipinski definition) is 5. The van der Waals surface area contributed by atoms with Crippen LogP contribution in [0.3, 0.4) is 0 Å². The fraction of sp³-hybridized carbons (Fsp3) is 0.409. The first kappa shape index (κ1) is 22.1. The Labute approximate surface area is 177 Å². The molecule has 1 aliphatic rings. The smallest absolute Gasteiger partial charge is 0.308 e. The fourth-order valence-corrected chi connectivity index (χ4v) is 8.71. The fourth-order valence-electron chi connectivity index (χ4n) is 4.14. The first-order chi connectivity index (χ1) is 14.3. The van der Waals surface area contributed by atoms with Gasteiger partial charge in [-0.05, 0) is 20.9 Å². The molecule has 0 radical (unpaired) electrons. The maximum Gasteiger partial charge on any atom is 0.308 e. The number of nitrogens with zero attached hydrogens (tertiary/aromatic N) is 3. The molecule has 0 amide bonds. The number of aliphatic hydroxyl groups excluding tert-OH is 1. The van der Waals surface area contributed by atoms with Crippen LogP contribution in [-0.2, 0) is 14.0 Å². The average molecular weight is 426 g/mol. The minimum absolute atomic E-state index is 0.0275. The minimum atomic E-state index is -2.84. The number of hydrogen-bond donors (Lipinski definition) is 1. The Morgan fingerprint density at radius 3 is 2.13 bits per heavy atom. The highest BCUT2D eigenvalue weighted by molar-refractivity contribution is 6.99. The summed E-state index contributed by atoms with van der Waals surface area (Å²) >= 11 is 0. The van der Waals surface area contributed by atoms with E-state index in [9.17, 15) is 9.90 Å². The molecule has 3 rings (SSSR count). The molecule has 0 spiro atoms. The maximum atomic E-state index is 11.9. The molecule has 1 saturated heterocycles. The predicted molar refractivity (Wildman–Crippen MR) is 117 cm³/mol. The van der Waals surface area contributed by atoms with E-state index in [0.29, 0.717) is 0 Å². The van der Waals surface area contributed by atoms with E-state index in [2.05, 4.69) is 55.1 Å². The van der Waals surface area contributed by atoms with Crippen molar-refractivity contribution in [1.82, 2.24) is 0 Å². The third kappa shape index (κ3) is 4.27. The molecular weight excluding hydrogens is 398 g/mol. The summed E-state index contributed by atoms with van der Waals surface area (Å²) in [6.45, 7) is 6.46. The Kier molecular flexibility index (Phi) is 6.63. The first-order valence-corrected chi connectivity index (χ1v) is 11.9. The molecule has 3 atom stereocenters. The van der Waals surface area contributed by atoms with Gasteiger partial charge in [-0.25, -0.2) is 0 Å². The van der Waals surface area contributed by atoms with Crippen molar-refractivity contribution in [1.29, 1.82) is 0 Å². The van der Waals surface area contributed by atoms with Gasteiger partial charge in [0.15, 0.2) is 0 Å². The molecule has 7 nitrogen and oxygen atoms in total. The van der Waals surface area contributed by atoms with Crippen molar-refractivity contribution in [2.45, 2.75) is 50.5 Å². The Bertz CT molecular complexity index is 871. The summed E-state index contributed by atoms with van der Waals surface area (Å²) in [6, 6.07) is 19.3. The highest BCUT2D eigenvalue weighted by Gasteiger charge is 2.51. The molecule has 8 heteroatoms. The monoisotopic (exact) mass is 425 g/mol. The molecule has 0 saturated carbocycles. The Balaban J connectivity index is 2.05. The summed E-state index contributed by atoms with van der Waals surface area (Å²) in [7, 11) is -2.84. The predicted octanol–water partition coefficient (Wildman–Crippen LogP) is 2.92. The van der Waals surface area contributed by atoms with Crippen LogP contribution in [0, 0.1) is 0 Å². The number of aliphatic hydroxyl groups is 1. The second kappa shape index (κ2) is 9.02. The van der Waals surface area contributed by atoms with Crippen LogP contribution in [0.25, 0.3) is 10.4 Å². The van der Waals surface area contributed by atoms with Crippen molar-refractivity contribution in [2.75, 3.05) is 6.61 Å². The number of azide groups is 1. The minimum Gasteiger partial charge on any atom is -0.459 e. The van der Waals surface area contributed by atoms with E-state index in [-0.39, 0.29) is 18.1 Å². The van der Waals surface area contributed by atoms with E-state index < -0.39 is 32.5 Å². The molecule has 0 aromatic heterocycles. The Morgan fingerprint density at radius 1 is 1.13 bits per heavy atom. The molecule has 0 unspecified atom stereocenters. The van der Waals surface area contributed by atoms with Crippen molar-refractivity contribution in [3.8, 4) is 0 Å². The van der Waals surface area contributed by atoms with Crippen molar-refractivity contribution in [3.63, 3.8) is 0 Å². The summed E-state index contributed by atoms with van der Waals surface area (Å²) in [5.74, 6) is -0.525. The molecule has 1 heterocycles. The van der Waals surface area contributed by atoms with Gasteiger partial charge in [0, 0.05) is 4.91 Å². The maximum absolute atomic E-state index is 11.9. The lowest BCUT2D eigenvalue weighted by atomic mass is 10.0. The topological polar surface area (TPSA) is 105 Å². The molecule has 0 aliphatic carbocycles. The standard InChI is InChI=1S/C22H27N3O4Si/c1-22(2,3)30(16-10-6-4-7-11-16,17-12-8-5-9-13-17)28-15-19-21(24-25-23)18(26)14-20(27)29-19/h4-13,18-19,21,26H,14-15H2,1-3H3/t18-,19-,21+/m0/s1. The Hall–Kier alpha value is -2.64. The molecule has 30 heavy (non-hydrogen) atoms. The lowest BCUT2D eigenvalue weighted by Gasteiger charge is -2.44. The second-order valence-electron chi connectivity index (χ2n) is 8.47. The molecule has 1 aliphatic heterocycles. The average Bonchev–Trinajstić information content (AvgIpc) is 2.71. The van der Waals surface area contributed by atoms with Crippen LogP contribution in [0.2, 0.25) is 5.04 Å². The number of carbonyl (C=O) groups is 1. The van der Waals surface area contributed by atoms with E-state index in [4.69, 9.17) is 14.7 Å². The third-order valence-electron chi connectivity index (χ3n) is 5.50. The number of benzene rings is 2. The number of esters is 1. The quantitative estimate of drug-likeness (QED) is 0.253. The second-order valence-corrected chi connectivity index (χ2v) is 12.8. The van der Waals surface area contributed by atoms with Gasteiger partial charge in [0.05, 0.1) is 19.1 Å². The lowest BCUT2D eigenvalue weighted by molar-refractivity contribution is -0.164. The van der Waals surface area contributed by atoms with Gasteiger partial charge < -0.3 is 14.3 Å². The van der Waals surface area contributed by atoms with Crippen LogP contribution >= 0.6 is 0 Å². The van der Waals surface area contributed by atoms with Crippen LogP contribution in [-0.4, -0.2) is 44.2 Å². The zero-order valence-corrected chi connectivity index (χ0v) is 18.4. The Morgan fingerprint density at radius 2 is 1.67 bits per heavy atom. The highest BCUT2D eigenvalue weighted by Crippen LogP contribution is 2.37. The van der Waals surface area contributed by atoms with Crippen LogP contribution in [0.4, 0.5) is 0 Å². The van der Waals surface area contributed by atoms with Crippen molar-refractivity contribution >= 4 is 24.7 Å². The molecule has 1 fully saturated rings. The number of cyclic esters (lactones) is 1. The zero-order valence-electron chi connectivity index (χ0n) is 17.4. The van der Waals surface area contributed by atoms with Crippen LogP contribution in [0.15, 0.2) is 65.8 Å². The molecule has 2 aromatic carbocycles. The van der Waals surface area contributed by atoms with Gasteiger partial charge >= 0.3 is 5.97 Å². The van der Waals surface area contributed by atoms with Crippen LogP contribution in [0.1, 0.15) is 27.2 Å². The summed E-state index contributed by atoms with van der Waals surface area (Å²) in [5, 5.41) is 15.9. The van der Waals surface area contributed by atoms with E-state index in [0.717, 1.165) is 10.4 Å². The van der Waals surface area contributed by atoms with Crippen LogP contribution < -0.4 is 10.4 Å². The number of carbonyl (C=O) groups excluding carboxylic acids is 1. The summed E-state index contributed by atoms with van der Waals surface area (Å²) in [6.07, 6.45) is -2.13.